The number of ether oxygens (including phenoxy) is 1. The number of aryl methyl sites for hydroxylation is 2. The predicted octanol–water partition coefficient (Wildman–Crippen LogP) is 2.03. The molecule has 0 aliphatic rings. The summed E-state index contributed by atoms with van der Waals surface area (Å²) in [6.07, 6.45) is 3.73. The molecule has 102 valence electrons. The highest BCUT2D eigenvalue weighted by atomic mass is 16.5. The topological polar surface area (TPSA) is 61.0 Å². The minimum Gasteiger partial charge on any atom is -0.373 e. The molecule has 0 aromatic carbocycles. The number of aromatic nitrogens is 2. The highest BCUT2D eigenvalue weighted by Gasteiger charge is 2.11. The molecule has 0 aliphatic heterocycles. The second kappa shape index (κ2) is 8.16. The molecular formula is C14H25N3O. The van der Waals surface area contributed by atoms with Crippen LogP contribution in [0.3, 0.4) is 0 Å². The van der Waals surface area contributed by atoms with Crippen molar-refractivity contribution in [1.29, 1.82) is 0 Å². The van der Waals surface area contributed by atoms with Crippen molar-refractivity contribution in [1.82, 2.24) is 9.97 Å². The molecule has 0 fully saturated rings. The van der Waals surface area contributed by atoms with Gasteiger partial charge in [-0.1, -0.05) is 20.8 Å². The highest BCUT2D eigenvalue weighted by Crippen LogP contribution is 2.14. The molecule has 0 spiro atoms. The van der Waals surface area contributed by atoms with Gasteiger partial charge in [0.2, 0.25) is 0 Å². The summed E-state index contributed by atoms with van der Waals surface area (Å²) < 4.78 is 5.52. The van der Waals surface area contributed by atoms with Crippen LogP contribution in [-0.2, 0) is 30.6 Å². The van der Waals surface area contributed by atoms with Crippen molar-refractivity contribution in [3.8, 4) is 0 Å². The van der Waals surface area contributed by atoms with Crippen molar-refractivity contribution < 1.29 is 4.74 Å². The molecule has 0 bridgehead atoms. The first-order valence-electron chi connectivity index (χ1n) is 6.92. The number of rotatable bonds is 8. The Bertz CT molecular complexity index is 341. The van der Waals surface area contributed by atoms with Crippen molar-refractivity contribution in [2.75, 3.05) is 13.2 Å². The van der Waals surface area contributed by atoms with E-state index < -0.39 is 0 Å². The maximum atomic E-state index is 5.66. The fourth-order valence-electron chi connectivity index (χ4n) is 2.03. The Morgan fingerprint density at radius 2 is 1.67 bits per heavy atom. The van der Waals surface area contributed by atoms with E-state index in [1.54, 1.807) is 0 Å². The van der Waals surface area contributed by atoms with Gasteiger partial charge in [-0.05, 0) is 37.8 Å². The van der Waals surface area contributed by atoms with Crippen LogP contribution in [0.2, 0.25) is 0 Å². The molecule has 1 aromatic heterocycles. The fourth-order valence-corrected chi connectivity index (χ4v) is 2.03. The summed E-state index contributed by atoms with van der Waals surface area (Å²) in [5, 5.41) is 0. The molecular weight excluding hydrogens is 226 g/mol. The van der Waals surface area contributed by atoms with Gasteiger partial charge in [-0.25, -0.2) is 9.97 Å². The van der Waals surface area contributed by atoms with Crippen LogP contribution in [0.25, 0.3) is 0 Å². The molecule has 4 nitrogen and oxygen atoms in total. The molecule has 1 heterocycles. The molecule has 0 saturated heterocycles. The normalized spacial score (nSPS) is 10.9. The van der Waals surface area contributed by atoms with Gasteiger partial charge in [-0.2, -0.15) is 0 Å². The lowest BCUT2D eigenvalue weighted by atomic mass is 10.0. The third-order valence-corrected chi connectivity index (χ3v) is 2.87. The molecule has 0 atom stereocenters. The van der Waals surface area contributed by atoms with E-state index in [1.165, 1.54) is 5.56 Å². The van der Waals surface area contributed by atoms with Gasteiger partial charge in [0.1, 0.15) is 6.61 Å². The number of nitrogens with two attached hydrogens (primary N) is 1. The average molecular weight is 251 g/mol. The number of hydrogen-bond donors (Lipinski definition) is 1. The van der Waals surface area contributed by atoms with Gasteiger partial charge in [-0.15, -0.1) is 0 Å². The number of nitrogens with zero attached hydrogens (tertiary/aromatic N) is 2. The van der Waals surface area contributed by atoms with Crippen molar-refractivity contribution >= 4 is 0 Å². The zero-order chi connectivity index (χ0) is 13.4. The SMILES string of the molecule is CCCOCc1nc(CC)c(CCN)c(CC)n1. The molecule has 0 amide bonds. The van der Waals surface area contributed by atoms with Crippen LogP contribution < -0.4 is 5.73 Å². The van der Waals surface area contributed by atoms with Crippen LogP contribution in [0.1, 0.15) is 50.0 Å². The van der Waals surface area contributed by atoms with Crippen molar-refractivity contribution in [3.63, 3.8) is 0 Å². The van der Waals surface area contributed by atoms with E-state index in [0.29, 0.717) is 13.2 Å². The zero-order valence-corrected chi connectivity index (χ0v) is 11.8. The standard InChI is InChI=1S/C14H25N3O/c1-4-9-18-10-14-16-12(5-2)11(7-8-15)13(6-3)17-14/h4-10,15H2,1-3H3. The van der Waals surface area contributed by atoms with Gasteiger partial charge < -0.3 is 10.5 Å². The van der Waals surface area contributed by atoms with Crippen molar-refractivity contribution in [3.05, 3.63) is 22.8 Å². The molecule has 1 rings (SSSR count). The van der Waals surface area contributed by atoms with E-state index in [0.717, 1.165) is 49.5 Å². The summed E-state index contributed by atoms with van der Waals surface area (Å²) in [6.45, 7) is 8.26. The minimum absolute atomic E-state index is 0.511. The monoisotopic (exact) mass is 251 g/mol. The van der Waals surface area contributed by atoms with E-state index in [9.17, 15) is 0 Å². The summed E-state index contributed by atoms with van der Waals surface area (Å²) >= 11 is 0. The van der Waals surface area contributed by atoms with Gasteiger partial charge in [0, 0.05) is 18.0 Å². The smallest absolute Gasteiger partial charge is 0.154 e. The highest BCUT2D eigenvalue weighted by molar-refractivity contribution is 5.27. The van der Waals surface area contributed by atoms with Crippen LogP contribution in [0.4, 0.5) is 0 Å². The third kappa shape index (κ3) is 4.03. The minimum atomic E-state index is 0.511. The van der Waals surface area contributed by atoms with Gasteiger partial charge in [0.25, 0.3) is 0 Å². The second-order valence-corrected chi connectivity index (χ2v) is 4.31. The molecule has 2 N–H and O–H groups in total. The second-order valence-electron chi connectivity index (χ2n) is 4.31. The first-order chi connectivity index (χ1) is 8.76. The Morgan fingerprint density at radius 1 is 1.06 bits per heavy atom. The quantitative estimate of drug-likeness (QED) is 0.718. The van der Waals surface area contributed by atoms with E-state index >= 15 is 0 Å². The van der Waals surface area contributed by atoms with Crippen LogP contribution in [0.5, 0.6) is 0 Å². The van der Waals surface area contributed by atoms with Crippen LogP contribution in [0.15, 0.2) is 0 Å². The summed E-state index contributed by atoms with van der Waals surface area (Å²) in [4.78, 5) is 9.20. The van der Waals surface area contributed by atoms with E-state index in [4.69, 9.17) is 10.5 Å². The Labute approximate surface area is 110 Å². The Kier molecular flexibility index (Phi) is 6.83. The predicted molar refractivity (Wildman–Crippen MR) is 73.5 cm³/mol. The molecule has 0 aliphatic carbocycles. The van der Waals surface area contributed by atoms with Crippen LogP contribution in [-0.4, -0.2) is 23.1 Å². The van der Waals surface area contributed by atoms with E-state index in [1.807, 2.05) is 0 Å². The Morgan fingerprint density at radius 3 is 2.11 bits per heavy atom. The zero-order valence-electron chi connectivity index (χ0n) is 11.8. The largest absolute Gasteiger partial charge is 0.373 e. The van der Waals surface area contributed by atoms with Crippen molar-refractivity contribution in [2.45, 2.75) is 53.1 Å². The molecule has 18 heavy (non-hydrogen) atoms. The molecule has 4 heteroatoms. The van der Waals surface area contributed by atoms with Gasteiger partial charge in [0.05, 0.1) is 0 Å². The first-order valence-corrected chi connectivity index (χ1v) is 6.92. The maximum absolute atomic E-state index is 5.66. The average Bonchev–Trinajstić information content (AvgIpc) is 2.40. The summed E-state index contributed by atoms with van der Waals surface area (Å²) in [7, 11) is 0. The fraction of sp³-hybridized carbons (Fsp3) is 0.714. The van der Waals surface area contributed by atoms with E-state index in [2.05, 4.69) is 30.7 Å². The Balaban J connectivity index is 2.94. The summed E-state index contributed by atoms with van der Waals surface area (Å²) in [5.74, 6) is 0.804. The summed E-state index contributed by atoms with van der Waals surface area (Å²) in [6, 6.07) is 0. The summed E-state index contributed by atoms with van der Waals surface area (Å²) in [5.41, 5.74) is 9.16. The molecule has 0 saturated carbocycles. The van der Waals surface area contributed by atoms with Crippen LogP contribution >= 0.6 is 0 Å². The van der Waals surface area contributed by atoms with Crippen molar-refractivity contribution in [2.24, 2.45) is 5.73 Å². The van der Waals surface area contributed by atoms with E-state index in [-0.39, 0.29) is 0 Å². The lowest BCUT2D eigenvalue weighted by Crippen LogP contribution is -2.14. The first kappa shape index (κ1) is 15.1. The lowest BCUT2D eigenvalue weighted by Gasteiger charge is -2.13. The molecule has 1 aromatic rings. The van der Waals surface area contributed by atoms with Gasteiger partial charge in [-0.3, -0.25) is 0 Å². The van der Waals surface area contributed by atoms with Crippen LogP contribution in [0, 0.1) is 0 Å². The molecule has 0 radical (unpaired) electrons. The number of hydrogen-bond acceptors (Lipinski definition) is 4. The van der Waals surface area contributed by atoms with Gasteiger partial charge in [0.15, 0.2) is 5.82 Å². The lowest BCUT2D eigenvalue weighted by molar-refractivity contribution is 0.115. The third-order valence-electron chi connectivity index (χ3n) is 2.87. The maximum Gasteiger partial charge on any atom is 0.154 e. The molecule has 0 unspecified atom stereocenters. The van der Waals surface area contributed by atoms with Gasteiger partial charge >= 0.3 is 0 Å². The Hall–Kier alpha value is -1.00.